The van der Waals surface area contributed by atoms with E-state index in [9.17, 15) is 0 Å². The summed E-state index contributed by atoms with van der Waals surface area (Å²) in [5.41, 5.74) is 12.7. The van der Waals surface area contributed by atoms with E-state index in [1.807, 2.05) is 24.7 Å². The number of hydrogen-bond acceptors (Lipinski definition) is 5. The van der Waals surface area contributed by atoms with E-state index in [0.29, 0.717) is 5.82 Å². The molecule has 0 amide bonds. The van der Waals surface area contributed by atoms with Crippen LogP contribution in [0, 0.1) is 6.92 Å². The largest absolute Gasteiger partial charge is 0.398 e. The smallest absolute Gasteiger partial charge is 0.178 e. The third-order valence-corrected chi connectivity index (χ3v) is 4.98. The van der Waals surface area contributed by atoms with Gasteiger partial charge in [0.25, 0.3) is 0 Å². The van der Waals surface area contributed by atoms with Crippen LogP contribution in [-0.2, 0) is 19.3 Å². The van der Waals surface area contributed by atoms with Crippen molar-refractivity contribution >= 4 is 17.0 Å². The summed E-state index contributed by atoms with van der Waals surface area (Å²) in [6, 6.07) is 4.35. The summed E-state index contributed by atoms with van der Waals surface area (Å²) >= 11 is 1.66. The average molecular weight is 338 g/mol. The van der Waals surface area contributed by atoms with Crippen LogP contribution in [0.4, 0.5) is 5.69 Å². The molecule has 0 bridgehead atoms. The topological polar surface area (TPSA) is 64.7 Å². The molecule has 124 valence electrons. The van der Waals surface area contributed by atoms with Crippen LogP contribution in [0.15, 0.2) is 29.9 Å². The average Bonchev–Trinajstić information content (AvgIpc) is 3.05. The third-order valence-electron chi connectivity index (χ3n) is 4.13. The Balaban J connectivity index is 1.88. The number of nitrogen functional groups attached to an aromatic ring is 1. The van der Waals surface area contributed by atoms with Crippen molar-refractivity contribution in [2.24, 2.45) is 0 Å². The Hall–Kier alpha value is -2.27. The maximum atomic E-state index is 6.13. The number of nitrogens with zero attached hydrogens (tertiary/aromatic N) is 3. The van der Waals surface area contributed by atoms with Crippen LogP contribution in [0.1, 0.15) is 41.1 Å². The fraction of sp³-hybridized carbons (Fsp3) is 0.316. The van der Waals surface area contributed by atoms with Crippen molar-refractivity contribution in [1.29, 1.82) is 0 Å². The molecule has 0 unspecified atom stereocenters. The Morgan fingerprint density at radius 2 is 1.71 bits per heavy atom. The predicted molar refractivity (Wildman–Crippen MR) is 100 cm³/mol. The first-order valence-corrected chi connectivity index (χ1v) is 9.12. The van der Waals surface area contributed by atoms with Gasteiger partial charge in [-0.1, -0.05) is 19.9 Å². The molecule has 0 aliphatic heterocycles. The van der Waals surface area contributed by atoms with Crippen LogP contribution in [-0.4, -0.2) is 15.0 Å². The van der Waals surface area contributed by atoms with Gasteiger partial charge in [-0.2, -0.15) is 0 Å². The van der Waals surface area contributed by atoms with Crippen LogP contribution in [0.25, 0.3) is 11.5 Å². The van der Waals surface area contributed by atoms with Gasteiger partial charge < -0.3 is 5.73 Å². The van der Waals surface area contributed by atoms with Gasteiger partial charge in [-0.15, -0.1) is 11.3 Å². The van der Waals surface area contributed by atoms with Gasteiger partial charge in [0.05, 0.1) is 5.01 Å². The molecule has 0 fully saturated rings. The number of anilines is 1. The van der Waals surface area contributed by atoms with E-state index in [1.54, 1.807) is 11.3 Å². The van der Waals surface area contributed by atoms with Crippen LogP contribution in [0.5, 0.6) is 0 Å². The van der Waals surface area contributed by atoms with Gasteiger partial charge in [-0.05, 0) is 48.1 Å². The van der Waals surface area contributed by atoms with Gasteiger partial charge in [0, 0.05) is 29.9 Å². The lowest BCUT2D eigenvalue weighted by Gasteiger charge is -2.11. The van der Waals surface area contributed by atoms with E-state index in [-0.39, 0.29) is 0 Å². The molecule has 0 atom stereocenters. The van der Waals surface area contributed by atoms with Gasteiger partial charge in [-0.3, -0.25) is 0 Å². The maximum Gasteiger partial charge on any atom is 0.178 e. The summed E-state index contributed by atoms with van der Waals surface area (Å²) in [5, 5.41) is 3.11. The molecule has 0 saturated heterocycles. The molecule has 0 saturated carbocycles. The molecule has 3 rings (SSSR count). The molecule has 5 heteroatoms. The van der Waals surface area contributed by atoms with Gasteiger partial charge in [0.15, 0.2) is 5.82 Å². The molecule has 1 aromatic carbocycles. The monoisotopic (exact) mass is 338 g/mol. The maximum absolute atomic E-state index is 6.13. The zero-order valence-corrected chi connectivity index (χ0v) is 15.2. The molecule has 3 aromatic rings. The predicted octanol–water partition coefficient (Wildman–Crippen LogP) is 4.21. The Morgan fingerprint density at radius 3 is 2.38 bits per heavy atom. The number of aryl methyl sites for hydroxylation is 3. The van der Waals surface area contributed by atoms with Crippen molar-refractivity contribution < 1.29 is 0 Å². The molecular weight excluding hydrogens is 316 g/mol. The zero-order valence-electron chi connectivity index (χ0n) is 14.3. The first-order chi connectivity index (χ1) is 11.6. The SMILES string of the molecule is CCc1cc(Cc2nc(-c3ncc(C)cn3)cs2)c(CC)cc1N. The molecule has 0 spiro atoms. The normalized spacial score (nSPS) is 11.0. The molecule has 24 heavy (non-hydrogen) atoms. The quantitative estimate of drug-likeness (QED) is 0.708. The Bertz CT molecular complexity index is 837. The molecule has 0 aliphatic rings. The number of nitrogens with two attached hydrogens (primary N) is 1. The van der Waals surface area contributed by atoms with Crippen molar-refractivity contribution in [3.8, 4) is 11.5 Å². The minimum atomic E-state index is 0.686. The number of thiazole rings is 1. The molecule has 2 aromatic heterocycles. The minimum Gasteiger partial charge on any atom is -0.398 e. The van der Waals surface area contributed by atoms with E-state index in [0.717, 1.165) is 41.2 Å². The second-order valence-corrected chi connectivity index (χ2v) is 6.86. The fourth-order valence-electron chi connectivity index (χ4n) is 2.74. The summed E-state index contributed by atoms with van der Waals surface area (Å²) in [6.07, 6.45) is 6.40. The molecular formula is C19H22N4S. The number of benzene rings is 1. The molecule has 2 heterocycles. The van der Waals surface area contributed by atoms with Crippen LogP contribution < -0.4 is 5.73 Å². The minimum absolute atomic E-state index is 0.686. The number of rotatable bonds is 5. The standard InChI is InChI=1S/C19H22N4S/c1-4-13-7-16(20)14(5-2)6-15(13)8-18-23-17(11-24-18)19-21-9-12(3)10-22-19/h6-7,9-11H,4-5,8,20H2,1-3H3. The van der Waals surface area contributed by atoms with Crippen molar-refractivity contribution in [2.75, 3.05) is 5.73 Å². The van der Waals surface area contributed by atoms with Crippen molar-refractivity contribution in [1.82, 2.24) is 15.0 Å². The lowest BCUT2D eigenvalue weighted by Crippen LogP contribution is -2.01. The van der Waals surface area contributed by atoms with Crippen LogP contribution in [0.3, 0.4) is 0 Å². The zero-order chi connectivity index (χ0) is 17.1. The summed E-state index contributed by atoms with van der Waals surface area (Å²) < 4.78 is 0. The van der Waals surface area contributed by atoms with Crippen molar-refractivity contribution in [3.05, 3.63) is 57.2 Å². The van der Waals surface area contributed by atoms with E-state index >= 15 is 0 Å². The van der Waals surface area contributed by atoms with E-state index in [1.165, 1.54) is 16.7 Å². The highest BCUT2D eigenvalue weighted by Gasteiger charge is 2.11. The highest BCUT2D eigenvalue weighted by molar-refractivity contribution is 7.10. The second kappa shape index (κ2) is 7.09. The van der Waals surface area contributed by atoms with Gasteiger partial charge in [-0.25, -0.2) is 15.0 Å². The summed E-state index contributed by atoms with van der Waals surface area (Å²) in [5.74, 6) is 0.686. The summed E-state index contributed by atoms with van der Waals surface area (Å²) in [4.78, 5) is 13.4. The van der Waals surface area contributed by atoms with Gasteiger partial charge in [0.1, 0.15) is 5.69 Å². The molecule has 0 aliphatic carbocycles. The highest BCUT2D eigenvalue weighted by atomic mass is 32.1. The molecule has 4 nitrogen and oxygen atoms in total. The van der Waals surface area contributed by atoms with Crippen LogP contribution >= 0.6 is 11.3 Å². The van der Waals surface area contributed by atoms with E-state index < -0.39 is 0 Å². The summed E-state index contributed by atoms with van der Waals surface area (Å²) in [7, 11) is 0. The first kappa shape index (κ1) is 16.6. The van der Waals surface area contributed by atoms with E-state index in [2.05, 4.69) is 35.9 Å². The Kier molecular flexibility index (Phi) is 4.90. The fourth-order valence-corrected chi connectivity index (χ4v) is 3.54. The van der Waals surface area contributed by atoms with Crippen molar-refractivity contribution in [3.63, 3.8) is 0 Å². The van der Waals surface area contributed by atoms with E-state index in [4.69, 9.17) is 10.7 Å². The summed E-state index contributed by atoms with van der Waals surface area (Å²) in [6.45, 7) is 6.28. The molecule has 2 N–H and O–H groups in total. The Labute approximate surface area is 146 Å². The highest BCUT2D eigenvalue weighted by Crippen LogP contribution is 2.25. The third kappa shape index (κ3) is 3.46. The first-order valence-electron chi connectivity index (χ1n) is 8.24. The van der Waals surface area contributed by atoms with Gasteiger partial charge in [0.2, 0.25) is 0 Å². The Morgan fingerprint density at radius 1 is 1.00 bits per heavy atom. The van der Waals surface area contributed by atoms with Crippen molar-refractivity contribution in [2.45, 2.75) is 40.0 Å². The van der Waals surface area contributed by atoms with Crippen LogP contribution in [0.2, 0.25) is 0 Å². The number of hydrogen-bond donors (Lipinski definition) is 1. The lowest BCUT2D eigenvalue weighted by atomic mass is 9.97. The van der Waals surface area contributed by atoms with Gasteiger partial charge >= 0.3 is 0 Å². The second-order valence-electron chi connectivity index (χ2n) is 5.91. The number of aromatic nitrogens is 3. The lowest BCUT2D eigenvalue weighted by molar-refractivity contribution is 1.02. The molecule has 0 radical (unpaired) electrons.